The number of likely N-dealkylation sites (N-methyl/N-ethyl adjacent to an activating group) is 1. The molecule has 1 aromatic carbocycles. The maximum Gasteiger partial charge on any atom is 0.409 e. The summed E-state index contributed by atoms with van der Waals surface area (Å²) in [5.41, 5.74) is 0.967. The third-order valence-electron chi connectivity index (χ3n) is 5.35. The van der Waals surface area contributed by atoms with Gasteiger partial charge in [-0.05, 0) is 31.7 Å². The summed E-state index contributed by atoms with van der Waals surface area (Å²) in [6.07, 6.45) is 2.23. The molecule has 0 saturated carbocycles. The summed E-state index contributed by atoms with van der Waals surface area (Å²) in [6.45, 7) is 3.52. The molecule has 2 fully saturated rings. The second kappa shape index (κ2) is 6.22. The third kappa shape index (κ3) is 2.80. The van der Waals surface area contributed by atoms with E-state index in [9.17, 15) is 9.59 Å². The average Bonchev–Trinajstić information content (AvgIpc) is 2.82. The normalized spacial score (nSPS) is 23.4. The van der Waals surface area contributed by atoms with E-state index in [-0.39, 0.29) is 23.5 Å². The minimum absolute atomic E-state index is 0.0599. The zero-order chi connectivity index (χ0) is 16.4. The van der Waals surface area contributed by atoms with Gasteiger partial charge in [-0.25, -0.2) is 4.79 Å². The molecule has 5 heteroatoms. The van der Waals surface area contributed by atoms with E-state index in [2.05, 4.69) is 0 Å². The number of carbonyl (C=O) groups is 2. The molecule has 0 N–H and O–H groups in total. The molecule has 2 amide bonds. The lowest BCUT2D eigenvalue weighted by molar-refractivity contribution is -0.131. The van der Waals surface area contributed by atoms with Crippen LogP contribution in [0.5, 0.6) is 0 Å². The molecule has 23 heavy (non-hydrogen) atoms. The number of hydrogen-bond donors (Lipinski definition) is 0. The van der Waals surface area contributed by atoms with Crippen LogP contribution in [0.15, 0.2) is 30.3 Å². The lowest BCUT2D eigenvalue weighted by Crippen LogP contribution is -2.52. The lowest BCUT2D eigenvalue weighted by Gasteiger charge is -2.43. The number of piperidine rings is 1. The van der Waals surface area contributed by atoms with Crippen molar-refractivity contribution in [3.05, 3.63) is 35.9 Å². The molecule has 3 rings (SSSR count). The number of likely N-dealkylation sites (tertiary alicyclic amines) is 2. The van der Waals surface area contributed by atoms with Crippen molar-refractivity contribution in [3.63, 3.8) is 0 Å². The summed E-state index contributed by atoms with van der Waals surface area (Å²) >= 11 is 0. The van der Waals surface area contributed by atoms with Crippen molar-refractivity contribution in [2.75, 3.05) is 26.7 Å². The summed E-state index contributed by atoms with van der Waals surface area (Å²) in [6, 6.07) is 10.0. The van der Waals surface area contributed by atoms with Gasteiger partial charge >= 0.3 is 6.09 Å². The Morgan fingerprint density at radius 1 is 1.26 bits per heavy atom. The quantitative estimate of drug-likeness (QED) is 0.843. The summed E-state index contributed by atoms with van der Waals surface area (Å²) in [4.78, 5) is 28.3. The van der Waals surface area contributed by atoms with Crippen molar-refractivity contribution >= 4 is 12.0 Å². The van der Waals surface area contributed by atoms with Crippen LogP contribution in [-0.2, 0) is 9.53 Å². The molecule has 2 heterocycles. The Bertz CT molecular complexity index is 579. The van der Waals surface area contributed by atoms with E-state index in [1.165, 1.54) is 0 Å². The molecule has 1 atom stereocenters. The van der Waals surface area contributed by atoms with Crippen molar-refractivity contribution < 1.29 is 14.3 Å². The molecular formula is C18H24N2O3. The van der Waals surface area contributed by atoms with Gasteiger partial charge in [-0.1, -0.05) is 30.3 Å². The number of rotatable bonds is 2. The fourth-order valence-corrected chi connectivity index (χ4v) is 3.88. The first-order valence-electron chi connectivity index (χ1n) is 8.32. The summed E-state index contributed by atoms with van der Waals surface area (Å²) in [5, 5.41) is 0. The highest BCUT2D eigenvalue weighted by Crippen LogP contribution is 2.44. The Hall–Kier alpha value is -2.04. The molecule has 2 aliphatic rings. The lowest BCUT2D eigenvalue weighted by atomic mass is 9.81. The smallest absolute Gasteiger partial charge is 0.409 e. The molecule has 124 valence electrons. The number of benzene rings is 1. The van der Waals surface area contributed by atoms with Crippen molar-refractivity contribution in [2.45, 2.75) is 37.6 Å². The highest BCUT2D eigenvalue weighted by Gasteiger charge is 2.50. The minimum Gasteiger partial charge on any atom is -0.450 e. The predicted molar refractivity (Wildman–Crippen MR) is 87.1 cm³/mol. The van der Waals surface area contributed by atoms with Crippen LogP contribution in [0.3, 0.4) is 0 Å². The molecule has 1 spiro atoms. The Morgan fingerprint density at radius 3 is 2.52 bits per heavy atom. The van der Waals surface area contributed by atoms with E-state index in [1.807, 2.05) is 49.2 Å². The van der Waals surface area contributed by atoms with Crippen molar-refractivity contribution in [3.8, 4) is 0 Å². The zero-order valence-electron chi connectivity index (χ0n) is 13.8. The minimum atomic E-state index is -0.242. The van der Waals surface area contributed by atoms with Crippen LogP contribution < -0.4 is 0 Å². The summed E-state index contributed by atoms with van der Waals surface area (Å²) in [7, 11) is 1.91. The van der Waals surface area contributed by atoms with Crippen LogP contribution >= 0.6 is 0 Å². The molecule has 2 saturated heterocycles. The maximum absolute atomic E-state index is 12.7. The van der Waals surface area contributed by atoms with Gasteiger partial charge in [0.2, 0.25) is 5.91 Å². The van der Waals surface area contributed by atoms with Gasteiger partial charge < -0.3 is 14.5 Å². The van der Waals surface area contributed by atoms with Crippen LogP contribution in [0.25, 0.3) is 0 Å². The molecule has 5 nitrogen and oxygen atoms in total. The fraction of sp³-hybridized carbons (Fsp3) is 0.556. The molecule has 1 aromatic rings. The highest BCUT2D eigenvalue weighted by molar-refractivity contribution is 5.87. The Labute approximate surface area is 137 Å². The summed E-state index contributed by atoms with van der Waals surface area (Å²) in [5.74, 6) is 0.135. The van der Waals surface area contributed by atoms with Gasteiger partial charge in [0, 0.05) is 25.7 Å². The van der Waals surface area contributed by atoms with Gasteiger partial charge in [-0.15, -0.1) is 0 Å². The number of amides is 2. The number of hydrogen-bond acceptors (Lipinski definition) is 3. The average molecular weight is 316 g/mol. The number of nitrogens with zero attached hydrogens (tertiary/aromatic N) is 2. The molecule has 2 aliphatic heterocycles. The zero-order valence-corrected chi connectivity index (χ0v) is 13.8. The van der Waals surface area contributed by atoms with E-state index < -0.39 is 0 Å². The molecular weight excluding hydrogens is 292 g/mol. The fourth-order valence-electron chi connectivity index (χ4n) is 3.88. The Kier molecular flexibility index (Phi) is 4.28. The SMILES string of the molecule is CCOC(=O)N1CCC2(CC1)CC(c1ccccc1)C(=O)N2C. The number of carbonyl (C=O) groups excluding carboxylic acids is 2. The third-order valence-corrected chi connectivity index (χ3v) is 5.35. The number of ether oxygens (including phenoxy) is 1. The van der Waals surface area contributed by atoms with E-state index in [4.69, 9.17) is 4.74 Å². The second-order valence-electron chi connectivity index (χ2n) is 6.47. The van der Waals surface area contributed by atoms with Gasteiger partial charge in [-0.2, -0.15) is 0 Å². The van der Waals surface area contributed by atoms with Crippen molar-refractivity contribution in [2.24, 2.45) is 0 Å². The molecule has 0 radical (unpaired) electrons. The van der Waals surface area contributed by atoms with Crippen LogP contribution in [0.2, 0.25) is 0 Å². The monoisotopic (exact) mass is 316 g/mol. The van der Waals surface area contributed by atoms with Crippen LogP contribution in [0.4, 0.5) is 4.79 Å². The highest BCUT2D eigenvalue weighted by atomic mass is 16.6. The van der Waals surface area contributed by atoms with Gasteiger partial charge in [0.05, 0.1) is 12.5 Å². The Morgan fingerprint density at radius 2 is 1.91 bits per heavy atom. The molecule has 0 aromatic heterocycles. The standard InChI is InChI=1S/C18H24N2O3/c1-3-23-17(22)20-11-9-18(10-12-20)13-15(16(21)19(18)2)14-7-5-4-6-8-14/h4-8,15H,3,9-13H2,1-2H3. The van der Waals surface area contributed by atoms with E-state index >= 15 is 0 Å². The van der Waals surface area contributed by atoms with Crippen molar-refractivity contribution in [1.82, 2.24) is 9.80 Å². The van der Waals surface area contributed by atoms with E-state index in [1.54, 1.807) is 4.90 Å². The first-order chi connectivity index (χ1) is 11.1. The van der Waals surface area contributed by atoms with Gasteiger partial charge in [0.25, 0.3) is 0 Å². The van der Waals surface area contributed by atoms with Crippen molar-refractivity contribution in [1.29, 1.82) is 0 Å². The Balaban J connectivity index is 1.72. The van der Waals surface area contributed by atoms with Crippen LogP contribution in [0, 0.1) is 0 Å². The van der Waals surface area contributed by atoms with Gasteiger partial charge in [-0.3, -0.25) is 4.79 Å². The van der Waals surface area contributed by atoms with Crippen LogP contribution in [0.1, 0.15) is 37.7 Å². The first kappa shape index (κ1) is 15.8. The maximum atomic E-state index is 12.7. The molecule has 0 bridgehead atoms. The van der Waals surface area contributed by atoms with E-state index in [0.29, 0.717) is 19.7 Å². The first-order valence-corrected chi connectivity index (χ1v) is 8.32. The van der Waals surface area contributed by atoms with Gasteiger partial charge in [0.15, 0.2) is 0 Å². The molecule has 0 aliphatic carbocycles. The topological polar surface area (TPSA) is 49.9 Å². The largest absolute Gasteiger partial charge is 0.450 e. The molecule has 1 unspecified atom stereocenters. The van der Waals surface area contributed by atoms with E-state index in [0.717, 1.165) is 24.8 Å². The second-order valence-corrected chi connectivity index (χ2v) is 6.47. The summed E-state index contributed by atoms with van der Waals surface area (Å²) < 4.78 is 5.08. The van der Waals surface area contributed by atoms with Gasteiger partial charge in [0.1, 0.15) is 0 Å². The predicted octanol–water partition coefficient (Wildman–Crippen LogP) is 2.62. The van der Waals surface area contributed by atoms with Crippen LogP contribution in [-0.4, -0.2) is 54.1 Å².